The van der Waals surface area contributed by atoms with Gasteiger partial charge in [0.1, 0.15) is 0 Å². The Hall–Kier alpha value is 1.68. The summed E-state index contributed by atoms with van der Waals surface area (Å²) in [5, 5.41) is 16.8. The summed E-state index contributed by atoms with van der Waals surface area (Å²) in [6, 6.07) is 0. The molecule has 2 unspecified atom stereocenters. The first kappa shape index (κ1) is 26.6. The molecule has 0 rings (SSSR count). The summed E-state index contributed by atoms with van der Waals surface area (Å²) < 4.78 is 26.9. The monoisotopic (exact) mass is 386 g/mol. The van der Waals surface area contributed by atoms with Crippen LogP contribution in [-0.2, 0) is 27.8 Å². The Balaban J connectivity index is -0.00000144. The Bertz CT molecular complexity index is 385. The van der Waals surface area contributed by atoms with Gasteiger partial charge in [0.25, 0.3) is 0 Å². The summed E-state index contributed by atoms with van der Waals surface area (Å²) >= 11 is 0. The Morgan fingerprint density at radius 2 is 1.00 bits per heavy atom. The van der Waals surface area contributed by atoms with Gasteiger partial charge in [-0.1, -0.05) is 0 Å². The Kier molecular flexibility index (Phi) is 13.9. The van der Waals surface area contributed by atoms with Crippen molar-refractivity contribution in [3.05, 3.63) is 0 Å². The van der Waals surface area contributed by atoms with E-state index in [0.29, 0.717) is 0 Å². The molecule has 0 aliphatic rings. The molecule has 0 bridgehead atoms. The largest absolute Gasteiger partial charge is 2.00 e. The molecule has 0 spiro atoms. The number of hydrogen-bond donors (Lipinski definition) is 2. The fourth-order valence-electron chi connectivity index (χ4n) is 0.738. The number of phosphoric acid groups is 2. The Morgan fingerprint density at radius 3 is 1.10 bits per heavy atom. The topological polar surface area (TPSA) is 219 Å². The average Bonchev–Trinajstić information content (AvgIpc) is 2.06. The van der Waals surface area contributed by atoms with Crippen LogP contribution in [0.2, 0.25) is 0 Å². The molecule has 2 N–H and O–H groups in total. The summed E-state index contributed by atoms with van der Waals surface area (Å²) in [5.41, 5.74) is 0. The zero-order valence-electron chi connectivity index (χ0n) is 9.44. The van der Waals surface area contributed by atoms with E-state index in [2.05, 4.69) is 9.05 Å². The van der Waals surface area contributed by atoms with Gasteiger partial charge in [0, 0.05) is 0 Å². The Labute approximate surface area is 170 Å². The third-order valence-electron chi connectivity index (χ3n) is 1.25. The van der Waals surface area contributed by atoms with Crippen molar-refractivity contribution in [2.24, 2.45) is 0 Å². The molecule has 106 valence electrons. The number of aliphatic carboxylic acids is 2. The second-order valence-electron chi connectivity index (χ2n) is 2.62. The third-order valence-corrected chi connectivity index (χ3v) is 2.22. The maximum absolute atomic E-state index is 10.4. The average molecular weight is 386 g/mol. The molecule has 0 aliphatic carbocycles. The Morgan fingerprint density at radius 1 is 0.800 bits per heavy atom. The first-order chi connectivity index (χ1) is 7.83. The zero-order chi connectivity index (χ0) is 14.7. The van der Waals surface area contributed by atoms with Crippen molar-refractivity contribution >= 4 is 103 Å². The van der Waals surface area contributed by atoms with Crippen molar-refractivity contribution in [1.29, 1.82) is 0 Å². The van der Waals surface area contributed by atoms with Crippen molar-refractivity contribution in [3.8, 4) is 0 Å². The summed E-state index contributed by atoms with van der Waals surface area (Å²) in [4.78, 5) is 61.5. The quantitative estimate of drug-likeness (QED) is 0.310. The van der Waals surface area contributed by atoms with E-state index in [1.807, 2.05) is 0 Å². The van der Waals surface area contributed by atoms with E-state index >= 15 is 0 Å². The van der Waals surface area contributed by atoms with E-state index in [4.69, 9.17) is 10.2 Å². The van der Waals surface area contributed by atoms with E-state index in [1.165, 1.54) is 0 Å². The SMILES string of the molecule is O=C(O)C(OP(=O)([O-])[O-])C(OP(=O)([O-])[O-])C(=O)O.[Ca+2].[Ca+2]. The van der Waals surface area contributed by atoms with E-state index < -0.39 is 39.8 Å². The van der Waals surface area contributed by atoms with Gasteiger partial charge >= 0.3 is 87.4 Å². The molecule has 0 aromatic carbocycles. The number of hydrogen-bond acceptors (Lipinski definition) is 10. The predicted molar refractivity (Wildman–Crippen MR) is 51.7 cm³/mol. The molecule has 0 radical (unpaired) electrons. The second kappa shape index (κ2) is 10.5. The summed E-state index contributed by atoms with van der Waals surface area (Å²) in [5.74, 6) is -4.66. The fourth-order valence-corrected chi connectivity index (χ4v) is 1.70. The van der Waals surface area contributed by atoms with Crippen LogP contribution in [-0.4, -0.2) is 110 Å². The normalized spacial score (nSPS) is 14.4. The van der Waals surface area contributed by atoms with Crippen LogP contribution in [0, 0.1) is 0 Å². The van der Waals surface area contributed by atoms with Gasteiger partial charge in [0.2, 0.25) is 0 Å². The molecule has 2 atom stereocenters. The maximum atomic E-state index is 10.4. The minimum atomic E-state index is -5.95. The number of phosphoric ester groups is 2. The summed E-state index contributed by atoms with van der Waals surface area (Å²) in [7, 11) is -11.9. The van der Waals surface area contributed by atoms with Gasteiger partial charge in [-0.25, -0.2) is 9.59 Å². The van der Waals surface area contributed by atoms with Gasteiger partial charge in [0.05, 0.1) is 15.6 Å². The van der Waals surface area contributed by atoms with Crippen LogP contribution in [0.25, 0.3) is 0 Å². The van der Waals surface area contributed by atoms with E-state index in [0.717, 1.165) is 0 Å². The van der Waals surface area contributed by atoms with Gasteiger partial charge in [-0.3, -0.25) is 0 Å². The minimum Gasteiger partial charge on any atom is -0.790 e. The molecule has 16 heteroatoms. The first-order valence-corrected chi connectivity index (χ1v) is 6.62. The summed E-state index contributed by atoms with van der Waals surface area (Å²) in [6.45, 7) is 0. The summed E-state index contributed by atoms with van der Waals surface area (Å²) in [6.07, 6.45) is -6.03. The van der Waals surface area contributed by atoms with Crippen LogP contribution in [0.15, 0.2) is 0 Å². The van der Waals surface area contributed by atoms with Crippen LogP contribution in [0.1, 0.15) is 0 Å². The number of rotatable bonds is 7. The van der Waals surface area contributed by atoms with Gasteiger partial charge in [-0.2, -0.15) is 0 Å². The smallest absolute Gasteiger partial charge is 0.790 e. The van der Waals surface area contributed by atoms with Gasteiger partial charge in [-0.15, -0.1) is 0 Å². The van der Waals surface area contributed by atoms with Gasteiger partial charge in [-0.05, 0) is 0 Å². The van der Waals surface area contributed by atoms with Crippen LogP contribution in [0.5, 0.6) is 0 Å². The minimum absolute atomic E-state index is 0. The molecule has 0 saturated heterocycles. The van der Waals surface area contributed by atoms with Crippen LogP contribution in [0.4, 0.5) is 0 Å². The molecule has 12 nitrogen and oxygen atoms in total. The fraction of sp³-hybridized carbons (Fsp3) is 0.500. The van der Waals surface area contributed by atoms with E-state index in [9.17, 15) is 38.3 Å². The van der Waals surface area contributed by atoms with Crippen molar-refractivity contribution < 1.29 is 57.6 Å². The molecule has 0 fully saturated rings. The molecule has 0 aromatic heterocycles. The third kappa shape index (κ3) is 12.2. The zero-order valence-corrected chi connectivity index (χ0v) is 15.6. The molecular formula is C4H4Ca2O12P2. The second-order valence-corrected chi connectivity index (χ2v) is 4.83. The first-order valence-electron chi connectivity index (χ1n) is 3.70. The van der Waals surface area contributed by atoms with Gasteiger partial charge < -0.3 is 48.0 Å². The van der Waals surface area contributed by atoms with E-state index in [-0.39, 0.29) is 75.5 Å². The van der Waals surface area contributed by atoms with Crippen LogP contribution >= 0.6 is 15.6 Å². The van der Waals surface area contributed by atoms with E-state index in [1.54, 1.807) is 0 Å². The molecular weight excluding hydrogens is 382 g/mol. The van der Waals surface area contributed by atoms with Crippen molar-refractivity contribution in [3.63, 3.8) is 0 Å². The van der Waals surface area contributed by atoms with Crippen LogP contribution in [0.3, 0.4) is 0 Å². The molecule has 0 aromatic rings. The molecule has 0 saturated carbocycles. The number of carbonyl (C=O) groups is 2. The standard InChI is InChI=1S/C4H8O12P2.2Ca/c5-3(6)1(15-17(9,10)11)2(4(7)8)16-18(12,13)14;;/h1-2H,(H,5,6)(H,7,8)(H2,9,10,11)(H2,12,13,14);;/q;2*+2/p-4. The molecule has 0 heterocycles. The number of carboxylic acids is 2. The van der Waals surface area contributed by atoms with Crippen molar-refractivity contribution in [1.82, 2.24) is 0 Å². The van der Waals surface area contributed by atoms with Crippen molar-refractivity contribution in [2.75, 3.05) is 0 Å². The number of carboxylic acid groups (broad SMARTS) is 2. The van der Waals surface area contributed by atoms with Gasteiger partial charge in [0.15, 0.2) is 12.2 Å². The predicted octanol–water partition coefficient (Wildman–Crippen LogP) is -5.18. The van der Waals surface area contributed by atoms with Crippen LogP contribution < -0.4 is 19.6 Å². The molecule has 0 aliphatic heterocycles. The molecule has 20 heavy (non-hydrogen) atoms. The molecule has 0 amide bonds. The maximum Gasteiger partial charge on any atom is 2.00 e. The van der Waals surface area contributed by atoms with Crippen molar-refractivity contribution in [2.45, 2.75) is 12.2 Å².